The first kappa shape index (κ1) is 16.2. The minimum Gasteiger partial charge on any atom is -0.478 e. The van der Waals surface area contributed by atoms with E-state index in [4.69, 9.17) is 21.4 Å². The number of hydrogen-bond donors (Lipinski definition) is 1. The van der Waals surface area contributed by atoms with E-state index in [1.165, 1.54) is 16.8 Å². The highest BCUT2D eigenvalue weighted by atomic mass is 35.5. The first-order chi connectivity index (χ1) is 10.3. The molecule has 0 bridgehead atoms. The summed E-state index contributed by atoms with van der Waals surface area (Å²) in [6.45, 7) is 3.18. The highest BCUT2D eigenvalue weighted by Crippen LogP contribution is 2.20. The number of carboxylic acids is 1. The fourth-order valence-corrected chi connectivity index (χ4v) is 1.76. The van der Waals surface area contributed by atoms with Crippen molar-refractivity contribution in [1.82, 2.24) is 14.8 Å². The van der Waals surface area contributed by atoms with Crippen LogP contribution in [-0.4, -0.2) is 39.1 Å². The van der Waals surface area contributed by atoms with E-state index in [9.17, 15) is 9.18 Å². The van der Waals surface area contributed by atoms with Gasteiger partial charge in [-0.2, -0.15) is 0 Å². The molecule has 2 rings (SSSR count). The van der Waals surface area contributed by atoms with Gasteiger partial charge in [-0.15, -0.1) is 5.10 Å². The van der Waals surface area contributed by atoms with E-state index in [1.807, 2.05) is 0 Å². The van der Waals surface area contributed by atoms with Crippen LogP contribution in [0.2, 0.25) is 5.15 Å². The smallest absolute Gasteiger partial charge is 0.338 e. The van der Waals surface area contributed by atoms with Crippen LogP contribution in [0.15, 0.2) is 24.4 Å². The largest absolute Gasteiger partial charge is 0.478 e. The fourth-order valence-electron chi connectivity index (χ4n) is 1.53. The highest BCUT2D eigenvalue weighted by molar-refractivity contribution is 6.32. The van der Waals surface area contributed by atoms with Gasteiger partial charge in [-0.1, -0.05) is 25.4 Å². The number of pyridine rings is 1. The molecule has 0 fully saturated rings. The summed E-state index contributed by atoms with van der Waals surface area (Å²) in [6.07, 6.45) is 1.59. The van der Waals surface area contributed by atoms with Crippen molar-refractivity contribution < 1.29 is 19.0 Å². The van der Waals surface area contributed by atoms with Gasteiger partial charge in [-0.3, -0.25) is 4.39 Å². The van der Waals surface area contributed by atoms with E-state index >= 15 is 0 Å². The molecule has 2 aromatic rings. The van der Waals surface area contributed by atoms with Crippen molar-refractivity contribution in [2.45, 2.75) is 13.8 Å². The Kier molecular flexibility index (Phi) is 4.65. The number of halogens is 2. The molecule has 0 amide bonds. The first-order valence-electron chi connectivity index (χ1n) is 6.47. The van der Waals surface area contributed by atoms with Gasteiger partial charge in [0.1, 0.15) is 5.15 Å². The molecule has 22 heavy (non-hydrogen) atoms. The van der Waals surface area contributed by atoms with Crippen molar-refractivity contribution >= 4 is 17.6 Å². The average molecular weight is 328 g/mol. The number of carbonyl (C=O) groups is 1. The Balaban J connectivity index is 2.15. The van der Waals surface area contributed by atoms with E-state index in [-0.39, 0.29) is 17.3 Å². The third-order valence-corrected chi connectivity index (χ3v) is 3.12. The molecule has 0 aliphatic rings. The summed E-state index contributed by atoms with van der Waals surface area (Å²) in [4.78, 5) is 14.9. The Morgan fingerprint density at radius 1 is 1.45 bits per heavy atom. The number of rotatable bonds is 6. The predicted molar refractivity (Wildman–Crippen MR) is 78.6 cm³/mol. The Labute approximate surface area is 131 Å². The Morgan fingerprint density at radius 2 is 2.18 bits per heavy atom. The summed E-state index contributed by atoms with van der Waals surface area (Å²) in [5.41, 5.74) is -0.673. The van der Waals surface area contributed by atoms with Crippen LogP contribution < -0.4 is 4.74 Å². The first-order valence-corrected chi connectivity index (χ1v) is 6.85. The molecule has 118 valence electrons. The molecule has 0 saturated heterocycles. The number of alkyl halides is 1. The molecule has 0 spiro atoms. The Hall–Kier alpha value is -2.15. The monoisotopic (exact) mass is 327 g/mol. The minimum atomic E-state index is -1.15. The molecular formula is C14H15ClFN3O3. The fraction of sp³-hybridized carbons (Fsp3) is 0.357. The molecule has 0 aliphatic carbocycles. The van der Waals surface area contributed by atoms with E-state index < -0.39 is 18.1 Å². The lowest BCUT2D eigenvalue weighted by Gasteiger charge is -2.19. The van der Waals surface area contributed by atoms with Crippen LogP contribution in [0.3, 0.4) is 0 Å². The molecule has 6 nitrogen and oxygen atoms in total. The molecule has 0 saturated carbocycles. The van der Waals surface area contributed by atoms with Gasteiger partial charge < -0.3 is 9.84 Å². The lowest BCUT2D eigenvalue weighted by Crippen LogP contribution is -2.23. The third kappa shape index (κ3) is 3.73. The molecule has 0 unspecified atom stereocenters. The predicted octanol–water partition coefficient (Wildman–Crippen LogP) is 2.99. The second-order valence-corrected chi connectivity index (χ2v) is 5.86. The summed E-state index contributed by atoms with van der Waals surface area (Å²) < 4.78 is 19.5. The van der Waals surface area contributed by atoms with Crippen molar-refractivity contribution in [2.24, 2.45) is 5.41 Å². The zero-order valence-electron chi connectivity index (χ0n) is 12.1. The lowest BCUT2D eigenvalue weighted by atomic mass is 9.97. The molecule has 0 atom stereocenters. The molecule has 8 heteroatoms. The van der Waals surface area contributed by atoms with Crippen LogP contribution in [0.4, 0.5) is 4.39 Å². The maximum atomic E-state index is 12.7. The van der Waals surface area contributed by atoms with Crippen molar-refractivity contribution in [1.29, 1.82) is 0 Å². The summed E-state index contributed by atoms with van der Waals surface area (Å²) in [6, 6.07) is 4.44. The zero-order valence-corrected chi connectivity index (χ0v) is 12.8. The SMILES string of the molecule is CC(C)(CF)COc1ccn(-c2ccc(C(=O)O)c(Cl)n2)n1. The van der Waals surface area contributed by atoms with Gasteiger partial charge in [0.15, 0.2) is 5.82 Å². The summed E-state index contributed by atoms with van der Waals surface area (Å²) in [5, 5.41) is 12.9. The van der Waals surface area contributed by atoms with Gasteiger partial charge in [0, 0.05) is 17.7 Å². The number of aromatic carboxylic acids is 1. The van der Waals surface area contributed by atoms with Gasteiger partial charge >= 0.3 is 5.97 Å². The van der Waals surface area contributed by atoms with Gasteiger partial charge in [-0.25, -0.2) is 14.5 Å². The minimum absolute atomic E-state index is 0.0845. The van der Waals surface area contributed by atoms with Gasteiger partial charge in [0.05, 0.1) is 18.8 Å². The number of ether oxygens (including phenoxy) is 1. The molecular weight excluding hydrogens is 313 g/mol. The molecule has 2 heterocycles. The van der Waals surface area contributed by atoms with Crippen LogP contribution in [0.25, 0.3) is 5.82 Å². The van der Waals surface area contributed by atoms with Crippen molar-refractivity contribution in [3.8, 4) is 11.7 Å². The van der Waals surface area contributed by atoms with E-state index in [2.05, 4.69) is 10.1 Å². The van der Waals surface area contributed by atoms with Crippen molar-refractivity contribution in [3.63, 3.8) is 0 Å². The normalized spacial score (nSPS) is 11.5. The molecule has 0 aliphatic heterocycles. The number of aromatic nitrogens is 3. The lowest BCUT2D eigenvalue weighted by molar-refractivity contribution is 0.0696. The Bertz CT molecular complexity index is 688. The van der Waals surface area contributed by atoms with Crippen LogP contribution in [0.5, 0.6) is 5.88 Å². The number of carboxylic acid groups (broad SMARTS) is 1. The molecule has 1 N–H and O–H groups in total. The second kappa shape index (κ2) is 6.31. The van der Waals surface area contributed by atoms with E-state index in [0.717, 1.165) is 0 Å². The van der Waals surface area contributed by atoms with Crippen LogP contribution in [0.1, 0.15) is 24.2 Å². The Morgan fingerprint density at radius 3 is 2.77 bits per heavy atom. The molecule has 0 radical (unpaired) electrons. The van der Waals surface area contributed by atoms with Gasteiger partial charge in [0.2, 0.25) is 5.88 Å². The summed E-state index contributed by atoms with van der Waals surface area (Å²) in [7, 11) is 0. The van der Waals surface area contributed by atoms with E-state index in [1.54, 1.807) is 26.1 Å². The molecule has 0 aromatic carbocycles. The second-order valence-electron chi connectivity index (χ2n) is 5.50. The number of hydrogen-bond acceptors (Lipinski definition) is 4. The topological polar surface area (TPSA) is 77.2 Å². The van der Waals surface area contributed by atoms with Crippen LogP contribution in [0, 0.1) is 5.41 Å². The quantitative estimate of drug-likeness (QED) is 0.825. The van der Waals surface area contributed by atoms with Crippen LogP contribution in [-0.2, 0) is 0 Å². The summed E-state index contributed by atoms with van der Waals surface area (Å²) >= 11 is 5.81. The maximum Gasteiger partial charge on any atom is 0.338 e. The standard InChI is InChI=1S/C14H15ClFN3O3/c1-14(2,7-16)8-22-11-5-6-19(18-11)10-4-3-9(13(20)21)12(15)17-10/h3-6H,7-8H2,1-2H3,(H,20,21). The van der Waals surface area contributed by atoms with Gasteiger partial charge in [0.25, 0.3) is 0 Å². The maximum absolute atomic E-state index is 12.7. The van der Waals surface area contributed by atoms with Crippen molar-refractivity contribution in [3.05, 3.63) is 35.1 Å². The average Bonchev–Trinajstić information content (AvgIpc) is 2.94. The zero-order chi connectivity index (χ0) is 16.3. The molecule has 2 aromatic heterocycles. The summed E-state index contributed by atoms with van der Waals surface area (Å²) in [5.74, 6) is -0.474. The highest BCUT2D eigenvalue weighted by Gasteiger charge is 2.19. The van der Waals surface area contributed by atoms with Crippen LogP contribution >= 0.6 is 11.6 Å². The third-order valence-electron chi connectivity index (χ3n) is 2.84. The van der Waals surface area contributed by atoms with Crippen molar-refractivity contribution in [2.75, 3.05) is 13.3 Å². The van der Waals surface area contributed by atoms with Gasteiger partial charge in [-0.05, 0) is 12.1 Å². The van der Waals surface area contributed by atoms with E-state index in [0.29, 0.717) is 11.7 Å². The number of nitrogens with zero attached hydrogens (tertiary/aromatic N) is 3.